The van der Waals surface area contributed by atoms with E-state index in [1.165, 1.54) is 0 Å². The number of nitrogens with one attached hydrogen (secondary N) is 1. The first kappa shape index (κ1) is 4.58. The van der Waals surface area contributed by atoms with Crippen molar-refractivity contribution in [1.82, 2.24) is 10.4 Å². The molecule has 0 fully saturated rings. The van der Waals surface area contributed by atoms with Crippen molar-refractivity contribution in [3.05, 3.63) is 15.0 Å². The van der Waals surface area contributed by atoms with Crippen LogP contribution in [0.1, 0.15) is 0 Å². The van der Waals surface area contributed by atoms with Gasteiger partial charge >= 0.3 is 5.63 Å². The predicted octanol–water partition coefficient (Wildman–Crippen LogP) is 0.125. The summed E-state index contributed by atoms with van der Waals surface area (Å²) in [4.78, 5) is 10.1. The van der Waals surface area contributed by atoms with Gasteiger partial charge in [-0.15, -0.1) is 10.4 Å². The van der Waals surface area contributed by atoms with Gasteiger partial charge in [0, 0.05) is 0 Å². The normalized spacial score (nSPS) is 9.29. The maximum absolute atomic E-state index is 10.1. The second kappa shape index (κ2) is 1.49. The Balaban J connectivity index is 3.39. The van der Waals surface area contributed by atoms with Crippen LogP contribution in [0.2, 0.25) is 0 Å². The fraction of sp³-hybridized carbons (Fsp3) is 0. The molecule has 0 spiro atoms. The fourth-order valence-electron chi connectivity index (χ4n) is 0.192. The number of hydrogen-bond donors (Lipinski definition) is 1. The van der Waals surface area contributed by atoms with Gasteiger partial charge in [-0.3, -0.25) is 0 Å². The Hall–Kier alpha value is -0.580. The summed E-state index contributed by atoms with van der Waals surface area (Å²) >= 11 is 2.82. The van der Waals surface area contributed by atoms with Gasteiger partial charge in [-0.25, -0.2) is 4.79 Å². The summed E-state index contributed by atoms with van der Waals surface area (Å²) in [6, 6.07) is 0. The van der Waals surface area contributed by atoms with E-state index in [0.29, 0.717) is 0 Å². The number of halogens is 1. The van der Waals surface area contributed by atoms with Crippen LogP contribution in [0.4, 0.5) is 0 Å². The second-order valence-electron chi connectivity index (χ2n) is 0.883. The van der Waals surface area contributed by atoms with Crippen molar-refractivity contribution in [1.29, 1.82) is 0 Å². The third kappa shape index (κ3) is 0.714. The van der Waals surface area contributed by atoms with E-state index in [9.17, 15) is 4.79 Å². The molecule has 0 aliphatic carbocycles. The van der Waals surface area contributed by atoms with Gasteiger partial charge in [-0.2, -0.15) is 0 Å². The Bertz CT molecular complexity index is 201. The van der Waals surface area contributed by atoms with Crippen LogP contribution in [0.25, 0.3) is 0 Å². The van der Waals surface area contributed by atoms with E-state index in [0.717, 1.165) is 0 Å². The Labute approximate surface area is 46.6 Å². The monoisotopic (exact) mass is 164 g/mol. The molecule has 0 aliphatic rings. The minimum absolute atomic E-state index is 0.174. The number of rotatable bonds is 0. The molecule has 1 aromatic rings. The standard InChI is InChI=1S/C2HBrN2O2/c3-1-2(6)7-5-4-1/h5H. The van der Waals surface area contributed by atoms with Crippen molar-refractivity contribution in [3.63, 3.8) is 0 Å². The number of H-pyrrole nitrogens is 1. The lowest BCUT2D eigenvalue weighted by molar-refractivity contribution is 0.368. The van der Waals surface area contributed by atoms with Crippen LogP contribution in [-0.2, 0) is 0 Å². The van der Waals surface area contributed by atoms with E-state index in [2.05, 4.69) is 25.6 Å². The quantitative estimate of drug-likeness (QED) is 0.594. The first-order valence-corrected chi connectivity index (χ1v) is 2.29. The Morgan fingerprint density at radius 1 is 1.86 bits per heavy atom. The molecule has 0 saturated carbocycles. The van der Waals surface area contributed by atoms with E-state index in [1.54, 1.807) is 0 Å². The maximum atomic E-state index is 10.1. The summed E-state index contributed by atoms with van der Waals surface area (Å²) in [5, 5.41) is 5.34. The summed E-state index contributed by atoms with van der Waals surface area (Å²) in [6.07, 6.45) is 0. The van der Waals surface area contributed by atoms with Crippen molar-refractivity contribution in [2.45, 2.75) is 0 Å². The van der Waals surface area contributed by atoms with Gasteiger partial charge in [-0.1, -0.05) is 0 Å². The van der Waals surface area contributed by atoms with Crippen molar-refractivity contribution < 1.29 is 4.52 Å². The molecule has 7 heavy (non-hydrogen) atoms. The van der Waals surface area contributed by atoms with Gasteiger partial charge in [0.25, 0.3) is 0 Å². The molecule has 1 N–H and O–H groups in total. The molecule has 1 rings (SSSR count). The molecule has 0 saturated heterocycles. The highest BCUT2D eigenvalue weighted by Crippen LogP contribution is 1.91. The third-order valence-electron chi connectivity index (χ3n) is 0.451. The van der Waals surface area contributed by atoms with E-state index in [4.69, 9.17) is 0 Å². The molecular weight excluding hydrogens is 164 g/mol. The zero-order chi connectivity index (χ0) is 5.28. The van der Waals surface area contributed by atoms with E-state index >= 15 is 0 Å². The predicted molar refractivity (Wildman–Crippen MR) is 24.8 cm³/mol. The number of aromatic nitrogens is 2. The lowest BCUT2D eigenvalue weighted by atomic mass is 11.0. The van der Waals surface area contributed by atoms with E-state index in [1.807, 2.05) is 5.27 Å². The van der Waals surface area contributed by atoms with Gasteiger partial charge in [0.1, 0.15) is 0 Å². The van der Waals surface area contributed by atoms with Gasteiger partial charge in [-0.05, 0) is 15.9 Å². The summed E-state index contributed by atoms with van der Waals surface area (Å²) in [5.74, 6) is 0. The molecule has 38 valence electrons. The molecule has 1 heterocycles. The average Bonchev–Trinajstić information content (AvgIpc) is 1.91. The van der Waals surface area contributed by atoms with E-state index in [-0.39, 0.29) is 4.60 Å². The molecule has 0 aliphatic heterocycles. The Morgan fingerprint density at radius 3 is 2.71 bits per heavy atom. The van der Waals surface area contributed by atoms with Crippen LogP contribution in [0.3, 0.4) is 0 Å². The van der Waals surface area contributed by atoms with Gasteiger partial charge < -0.3 is 4.52 Å². The minimum Gasteiger partial charge on any atom is -0.318 e. The topological polar surface area (TPSA) is 58.9 Å². The Morgan fingerprint density at radius 2 is 2.57 bits per heavy atom. The van der Waals surface area contributed by atoms with Crippen LogP contribution < -0.4 is 5.63 Å². The highest BCUT2D eigenvalue weighted by Gasteiger charge is 1.94. The van der Waals surface area contributed by atoms with Crippen molar-refractivity contribution in [3.8, 4) is 0 Å². The molecule has 0 atom stereocenters. The average molecular weight is 165 g/mol. The summed E-state index contributed by atoms with van der Waals surface area (Å²) < 4.78 is 4.30. The third-order valence-corrected chi connectivity index (χ3v) is 0.952. The molecule has 4 nitrogen and oxygen atoms in total. The molecule has 1 aromatic heterocycles. The number of aromatic amines is 1. The van der Waals surface area contributed by atoms with Crippen LogP contribution in [0, 0.1) is 0 Å². The maximum Gasteiger partial charge on any atom is 0.392 e. The first-order chi connectivity index (χ1) is 3.30. The highest BCUT2D eigenvalue weighted by atomic mass is 79.9. The molecular formula is C2HBrN2O2. The fourth-order valence-corrected chi connectivity index (χ4v) is 0.345. The van der Waals surface area contributed by atoms with Crippen molar-refractivity contribution >= 4 is 15.9 Å². The zero-order valence-electron chi connectivity index (χ0n) is 3.14. The van der Waals surface area contributed by atoms with Crippen molar-refractivity contribution in [2.24, 2.45) is 0 Å². The minimum atomic E-state index is -0.486. The largest absolute Gasteiger partial charge is 0.392 e. The SMILES string of the molecule is O=c1o[nH]nc1Br. The lowest BCUT2D eigenvalue weighted by Crippen LogP contribution is -1.90. The van der Waals surface area contributed by atoms with Crippen LogP contribution in [0.15, 0.2) is 13.9 Å². The second-order valence-corrected chi connectivity index (χ2v) is 1.63. The van der Waals surface area contributed by atoms with Gasteiger partial charge in [0.05, 0.1) is 0 Å². The summed E-state index contributed by atoms with van der Waals surface area (Å²) in [5.41, 5.74) is -0.486. The van der Waals surface area contributed by atoms with Crippen LogP contribution in [-0.4, -0.2) is 10.4 Å². The molecule has 0 radical (unpaired) electrons. The molecule has 5 heteroatoms. The smallest absolute Gasteiger partial charge is 0.318 e. The molecule has 0 aromatic carbocycles. The van der Waals surface area contributed by atoms with E-state index < -0.39 is 5.63 Å². The zero-order valence-corrected chi connectivity index (χ0v) is 4.73. The van der Waals surface area contributed by atoms with Gasteiger partial charge in [0.2, 0.25) is 4.60 Å². The number of hydrogen-bond acceptors (Lipinski definition) is 3. The Kier molecular flexibility index (Phi) is 0.976. The summed E-state index contributed by atoms with van der Waals surface area (Å²) in [6.45, 7) is 0. The molecule has 0 unspecified atom stereocenters. The van der Waals surface area contributed by atoms with Gasteiger partial charge in [0.15, 0.2) is 0 Å². The summed E-state index contributed by atoms with van der Waals surface area (Å²) in [7, 11) is 0. The highest BCUT2D eigenvalue weighted by molar-refractivity contribution is 9.10. The van der Waals surface area contributed by atoms with Crippen LogP contribution in [0.5, 0.6) is 0 Å². The first-order valence-electron chi connectivity index (χ1n) is 1.50. The van der Waals surface area contributed by atoms with Crippen LogP contribution >= 0.6 is 15.9 Å². The number of nitrogens with zero attached hydrogens (tertiary/aromatic N) is 1. The molecule has 0 amide bonds. The lowest BCUT2D eigenvalue weighted by Gasteiger charge is -1.56. The van der Waals surface area contributed by atoms with Crippen molar-refractivity contribution in [2.75, 3.05) is 0 Å². The molecule has 0 bridgehead atoms.